The van der Waals surface area contributed by atoms with Gasteiger partial charge in [-0.1, -0.05) is 23.9 Å². The lowest BCUT2D eigenvalue weighted by molar-refractivity contribution is -0.115. The van der Waals surface area contributed by atoms with Gasteiger partial charge in [-0.2, -0.15) is 5.26 Å². The maximum atomic E-state index is 13.8. The minimum Gasteiger partial charge on any atom is -0.364 e. The zero-order valence-corrected chi connectivity index (χ0v) is 17.9. The van der Waals surface area contributed by atoms with E-state index in [1.165, 1.54) is 23.9 Å². The lowest BCUT2D eigenvalue weighted by atomic mass is 10.1. The summed E-state index contributed by atoms with van der Waals surface area (Å²) < 4.78 is 39.9. The highest BCUT2D eigenvalue weighted by Crippen LogP contribution is 2.43. The van der Waals surface area contributed by atoms with E-state index < -0.39 is 27.2 Å². The zero-order valence-electron chi connectivity index (χ0n) is 16.2. The number of anilines is 1. The first-order chi connectivity index (χ1) is 14.1. The number of halogens is 1. The number of rotatable bonds is 6. The van der Waals surface area contributed by atoms with Crippen molar-refractivity contribution >= 4 is 33.4 Å². The predicted octanol–water partition coefficient (Wildman–Crippen LogP) is 2.71. The summed E-state index contributed by atoms with van der Waals surface area (Å²) in [7, 11) is -3.86. The van der Waals surface area contributed by atoms with Crippen molar-refractivity contribution in [2.24, 2.45) is 5.73 Å². The Kier molecular flexibility index (Phi) is 6.05. The third-order valence-corrected chi connectivity index (χ3v) is 6.92. The molecule has 1 aliphatic heterocycles. The molecule has 2 aromatic carbocycles. The van der Waals surface area contributed by atoms with E-state index in [-0.39, 0.29) is 12.2 Å². The summed E-state index contributed by atoms with van der Waals surface area (Å²) in [5, 5.41) is 9.07. The SMILES string of the molecule is CC1=C(C(N)=O)N(S(C)(=O)=O)C(N(Cc2cccc(F)c2)c2ccc(C#N)cc2)S1. The molecule has 156 valence electrons. The van der Waals surface area contributed by atoms with Gasteiger partial charge in [-0.15, -0.1) is 0 Å². The molecule has 1 aliphatic rings. The second kappa shape index (κ2) is 8.38. The van der Waals surface area contributed by atoms with E-state index in [4.69, 9.17) is 11.0 Å². The summed E-state index contributed by atoms with van der Waals surface area (Å²) in [5.74, 6) is -1.27. The van der Waals surface area contributed by atoms with Gasteiger partial charge in [-0.05, 0) is 48.9 Å². The Labute approximate surface area is 178 Å². The molecule has 2 N–H and O–H groups in total. The molecule has 0 aromatic heterocycles. The van der Waals surface area contributed by atoms with Gasteiger partial charge in [0, 0.05) is 17.1 Å². The number of primary amides is 1. The zero-order chi connectivity index (χ0) is 22.1. The van der Waals surface area contributed by atoms with Crippen LogP contribution in [0.5, 0.6) is 0 Å². The number of nitrogens with two attached hydrogens (primary N) is 1. The summed E-state index contributed by atoms with van der Waals surface area (Å²) in [6.07, 6.45) is 1.00. The number of allylic oxidation sites excluding steroid dienone is 1. The third kappa shape index (κ3) is 4.42. The van der Waals surface area contributed by atoms with Gasteiger partial charge in [0.2, 0.25) is 10.0 Å². The molecule has 2 aromatic rings. The lowest BCUT2D eigenvalue weighted by Crippen LogP contribution is -2.47. The van der Waals surface area contributed by atoms with Crippen molar-refractivity contribution in [3.63, 3.8) is 0 Å². The van der Waals surface area contributed by atoms with E-state index in [1.54, 1.807) is 48.2 Å². The van der Waals surface area contributed by atoms with Crippen molar-refractivity contribution in [3.05, 3.63) is 76.1 Å². The van der Waals surface area contributed by atoms with Gasteiger partial charge in [0.1, 0.15) is 11.5 Å². The number of hydrogen-bond donors (Lipinski definition) is 1. The third-order valence-electron chi connectivity index (χ3n) is 4.46. The van der Waals surface area contributed by atoms with Crippen LogP contribution in [0.4, 0.5) is 10.1 Å². The molecule has 0 bridgehead atoms. The first-order valence-corrected chi connectivity index (χ1v) is 11.5. The minimum absolute atomic E-state index is 0.0922. The van der Waals surface area contributed by atoms with Crippen LogP contribution in [0, 0.1) is 17.1 Å². The van der Waals surface area contributed by atoms with Gasteiger partial charge in [0.25, 0.3) is 5.91 Å². The molecule has 30 heavy (non-hydrogen) atoms. The number of carbonyl (C=O) groups is 1. The molecular weight excluding hydrogens is 427 g/mol. The second-order valence-corrected chi connectivity index (χ2v) is 9.82. The molecule has 0 fully saturated rings. The fraction of sp³-hybridized carbons (Fsp3) is 0.200. The monoisotopic (exact) mass is 446 g/mol. The van der Waals surface area contributed by atoms with Crippen LogP contribution in [-0.2, 0) is 21.4 Å². The maximum Gasteiger partial charge on any atom is 0.266 e. The first-order valence-electron chi connectivity index (χ1n) is 8.80. The normalized spacial score (nSPS) is 16.5. The van der Waals surface area contributed by atoms with E-state index in [9.17, 15) is 17.6 Å². The van der Waals surface area contributed by atoms with Crippen molar-refractivity contribution < 1.29 is 17.6 Å². The Bertz CT molecular complexity index is 1160. The van der Waals surface area contributed by atoms with Crippen molar-refractivity contribution in [3.8, 4) is 6.07 Å². The van der Waals surface area contributed by atoms with Gasteiger partial charge in [0.05, 0.1) is 17.9 Å². The number of nitrogens with zero attached hydrogens (tertiary/aromatic N) is 3. The summed E-state index contributed by atoms with van der Waals surface area (Å²) in [6, 6.07) is 14.6. The van der Waals surface area contributed by atoms with E-state index in [2.05, 4.69) is 0 Å². The smallest absolute Gasteiger partial charge is 0.266 e. The predicted molar refractivity (Wildman–Crippen MR) is 114 cm³/mol. The van der Waals surface area contributed by atoms with Crippen LogP contribution in [0.3, 0.4) is 0 Å². The van der Waals surface area contributed by atoms with Crippen molar-refractivity contribution in [2.45, 2.75) is 19.0 Å². The van der Waals surface area contributed by atoms with E-state index in [1.807, 2.05) is 6.07 Å². The van der Waals surface area contributed by atoms with Crippen LogP contribution in [0.1, 0.15) is 18.1 Å². The Hall–Kier alpha value is -3.03. The summed E-state index contributed by atoms with van der Waals surface area (Å²) >= 11 is 1.17. The molecule has 1 unspecified atom stereocenters. The van der Waals surface area contributed by atoms with E-state index in [0.29, 0.717) is 21.7 Å². The minimum atomic E-state index is -3.86. The molecule has 1 amide bonds. The largest absolute Gasteiger partial charge is 0.364 e. The molecule has 0 aliphatic carbocycles. The average Bonchev–Trinajstić information content (AvgIpc) is 3.04. The van der Waals surface area contributed by atoms with Crippen molar-refractivity contribution in [1.82, 2.24) is 4.31 Å². The highest BCUT2D eigenvalue weighted by molar-refractivity contribution is 8.04. The van der Waals surface area contributed by atoms with Crippen molar-refractivity contribution in [1.29, 1.82) is 5.26 Å². The fourth-order valence-electron chi connectivity index (χ4n) is 3.19. The highest BCUT2D eigenvalue weighted by Gasteiger charge is 2.42. The topological polar surface area (TPSA) is 108 Å². The van der Waals surface area contributed by atoms with Crippen LogP contribution in [0.25, 0.3) is 0 Å². The van der Waals surface area contributed by atoms with E-state index in [0.717, 1.165) is 10.6 Å². The molecule has 1 heterocycles. The Morgan fingerprint density at radius 3 is 2.50 bits per heavy atom. The number of hydrogen-bond acceptors (Lipinski definition) is 6. The molecule has 1 atom stereocenters. The molecule has 0 saturated carbocycles. The molecule has 3 rings (SSSR count). The molecule has 0 radical (unpaired) electrons. The maximum absolute atomic E-state index is 13.8. The van der Waals surface area contributed by atoms with Gasteiger partial charge >= 0.3 is 0 Å². The van der Waals surface area contributed by atoms with Gasteiger partial charge in [-0.3, -0.25) is 4.79 Å². The first kappa shape index (κ1) is 21.7. The second-order valence-electron chi connectivity index (χ2n) is 6.69. The van der Waals surface area contributed by atoms with Crippen LogP contribution in [-0.4, -0.2) is 30.4 Å². The Morgan fingerprint density at radius 1 is 1.30 bits per heavy atom. The standard InChI is InChI=1S/C20H19FN4O3S2/c1-13-18(19(23)26)25(30(2,27)28)20(29-13)24(12-15-4-3-5-16(21)10-15)17-8-6-14(11-22)7-9-17/h3-10,20H,12H2,1-2H3,(H2,23,26). The molecular formula is C20H19FN4O3S2. The van der Waals surface area contributed by atoms with Crippen LogP contribution < -0.4 is 10.6 Å². The fourth-order valence-corrected chi connectivity index (χ4v) is 5.99. The average molecular weight is 447 g/mol. The number of nitriles is 1. The number of amides is 1. The number of carbonyl (C=O) groups excluding carboxylic acids is 1. The van der Waals surface area contributed by atoms with Crippen LogP contribution >= 0.6 is 11.8 Å². The van der Waals surface area contributed by atoms with E-state index >= 15 is 0 Å². The number of thioether (sulfide) groups is 1. The van der Waals surface area contributed by atoms with Crippen molar-refractivity contribution in [2.75, 3.05) is 11.2 Å². The van der Waals surface area contributed by atoms with Gasteiger partial charge < -0.3 is 10.6 Å². The highest BCUT2D eigenvalue weighted by atomic mass is 32.2. The van der Waals surface area contributed by atoms with Crippen LogP contribution in [0.15, 0.2) is 59.1 Å². The molecule has 7 nitrogen and oxygen atoms in total. The molecule has 0 spiro atoms. The Morgan fingerprint density at radius 2 is 1.97 bits per heavy atom. The molecule has 10 heteroatoms. The quantitative estimate of drug-likeness (QED) is 0.731. The summed E-state index contributed by atoms with van der Waals surface area (Å²) in [6.45, 7) is 1.79. The van der Waals surface area contributed by atoms with Gasteiger partial charge in [0.15, 0.2) is 5.50 Å². The van der Waals surface area contributed by atoms with Gasteiger partial charge in [-0.25, -0.2) is 17.1 Å². The molecule has 0 saturated heterocycles. The lowest BCUT2D eigenvalue weighted by Gasteiger charge is -2.36. The Balaban J connectivity index is 2.11. The summed E-state index contributed by atoms with van der Waals surface area (Å²) in [4.78, 5) is 14.2. The number of benzene rings is 2. The summed E-state index contributed by atoms with van der Waals surface area (Å²) in [5.41, 5.74) is 6.18. The van der Waals surface area contributed by atoms with Crippen LogP contribution in [0.2, 0.25) is 0 Å². The number of sulfonamides is 1.